The lowest BCUT2D eigenvalue weighted by atomic mass is 10.2. The van der Waals surface area contributed by atoms with Gasteiger partial charge in [0.1, 0.15) is 0 Å². The fourth-order valence-corrected chi connectivity index (χ4v) is 2.58. The van der Waals surface area contributed by atoms with Crippen LogP contribution in [0.3, 0.4) is 0 Å². The number of hydrogen-bond donors (Lipinski definition) is 0. The van der Waals surface area contributed by atoms with Crippen molar-refractivity contribution < 1.29 is 0 Å². The summed E-state index contributed by atoms with van der Waals surface area (Å²) in [6, 6.07) is 10.6. The van der Waals surface area contributed by atoms with Crippen molar-refractivity contribution in [2.24, 2.45) is 0 Å². The van der Waals surface area contributed by atoms with E-state index >= 15 is 0 Å². The number of nitrogens with zero attached hydrogens (tertiary/aromatic N) is 3. The van der Waals surface area contributed by atoms with Gasteiger partial charge in [-0.05, 0) is 25.3 Å². The van der Waals surface area contributed by atoms with Crippen LogP contribution in [0.5, 0.6) is 0 Å². The molecule has 1 aliphatic rings. The first-order chi connectivity index (χ1) is 8.84. The molecule has 0 aliphatic carbocycles. The second-order valence-electron chi connectivity index (χ2n) is 4.97. The van der Waals surface area contributed by atoms with Gasteiger partial charge in [-0.25, -0.2) is 4.98 Å². The number of aryl methyl sites for hydroxylation is 1. The van der Waals surface area contributed by atoms with Gasteiger partial charge in [-0.3, -0.25) is 0 Å². The Hall–Kier alpha value is -1.77. The van der Waals surface area contributed by atoms with E-state index in [-0.39, 0.29) is 0 Å². The van der Waals surface area contributed by atoms with E-state index in [2.05, 4.69) is 51.7 Å². The highest BCUT2D eigenvalue weighted by atomic mass is 15.3. The lowest BCUT2D eigenvalue weighted by Gasteiger charge is -2.19. The number of imidazole rings is 1. The van der Waals surface area contributed by atoms with Crippen LogP contribution in [0.4, 0.5) is 5.95 Å². The average molecular weight is 241 g/mol. The van der Waals surface area contributed by atoms with Gasteiger partial charge < -0.3 is 9.47 Å². The molecule has 2 aromatic rings. The Kier molecular flexibility index (Phi) is 3.05. The summed E-state index contributed by atoms with van der Waals surface area (Å²) in [5.74, 6) is 1.13. The predicted octanol–water partition coefficient (Wildman–Crippen LogP) is 2.84. The van der Waals surface area contributed by atoms with Crippen molar-refractivity contribution >= 4 is 5.95 Å². The van der Waals surface area contributed by atoms with Crippen LogP contribution in [0.25, 0.3) is 0 Å². The van der Waals surface area contributed by atoms with Crippen LogP contribution < -0.4 is 4.90 Å². The molecule has 0 radical (unpaired) electrons. The summed E-state index contributed by atoms with van der Waals surface area (Å²) in [7, 11) is 0. The molecule has 3 nitrogen and oxygen atoms in total. The molecule has 1 fully saturated rings. The molecular formula is C15H19N3. The lowest BCUT2D eigenvalue weighted by molar-refractivity contribution is 0.738. The molecule has 1 aliphatic heterocycles. The van der Waals surface area contributed by atoms with Crippen molar-refractivity contribution in [2.75, 3.05) is 18.0 Å². The summed E-state index contributed by atoms with van der Waals surface area (Å²) < 4.78 is 2.32. The normalized spacial score (nSPS) is 15.3. The first-order valence-electron chi connectivity index (χ1n) is 6.65. The molecule has 0 spiro atoms. The molecule has 0 N–H and O–H groups in total. The first-order valence-corrected chi connectivity index (χ1v) is 6.65. The summed E-state index contributed by atoms with van der Waals surface area (Å²) in [6.07, 6.45) is 4.56. The van der Waals surface area contributed by atoms with Gasteiger partial charge in [-0.2, -0.15) is 0 Å². The molecular weight excluding hydrogens is 222 g/mol. The standard InChI is InChI=1S/C15H19N3/c1-13-11-16-15(17-9-5-6-10-17)18(13)12-14-7-3-2-4-8-14/h2-4,7-8,11H,5-6,9-10,12H2,1H3. The van der Waals surface area contributed by atoms with Crippen molar-refractivity contribution in [2.45, 2.75) is 26.3 Å². The average Bonchev–Trinajstić information content (AvgIpc) is 3.02. The summed E-state index contributed by atoms with van der Waals surface area (Å²) in [5.41, 5.74) is 2.57. The Morgan fingerprint density at radius 1 is 1.11 bits per heavy atom. The predicted molar refractivity (Wildman–Crippen MR) is 74.0 cm³/mol. The largest absolute Gasteiger partial charge is 0.342 e. The first kappa shape index (κ1) is 11.3. The summed E-state index contributed by atoms with van der Waals surface area (Å²) >= 11 is 0. The Bertz CT molecular complexity index is 510. The highest BCUT2D eigenvalue weighted by molar-refractivity contribution is 5.36. The molecule has 1 aromatic heterocycles. The van der Waals surface area contributed by atoms with E-state index in [0.29, 0.717) is 0 Å². The van der Waals surface area contributed by atoms with Crippen LogP contribution in [0.2, 0.25) is 0 Å². The van der Waals surface area contributed by atoms with Gasteiger partial charge in [0.15, 0.2) is 0 Å². The Labute approximate surface area is 108 Å². The van der Waals surface area contributed by atoms with Crippen molar-refractivity contribution in [3.05, 3.63) is 47.8 Å². The van der Waals surface area contributed by atoms with Gasteiger partial charge >= 0.3 is 0 Å². The zero-order valence-electron chi connectivity index (χ0n) is 10.8. The van der Waals surface area contributed by atoms with Crippen molar-refractivity contribution in [1.29, 1.82) is 0 Å². The van der Waals surface area contributed by atoms with Gasteiger partial charge in [-0.1, -0.05) is 30.3 Å². The van der Waals surface area contributed by atoms with E-state index in [0.717, 1.165) is 25.6 Å². The van der Waals surface area contributed by atoms with E-state index in [1.54, 1.807) is 0 Å². The van der Waals surface area contributed by atoms with Gasteiger partial charge in [0, 0.05) is 18.8 Å². The zero-order valence-corrected chi connectivity index (χ0v) is 10.8. The fraction of sp³-hybridized carbons (Fsp3) is 0.400. The SMILES string of the molecule is Cc1cnc(N2CCCC2)n1Cc1ccccc1. The maximum absolute atomic E-state index is 4.58. The highest BCUT2D eigenvalue weighted by Gasteiger charge is 2.18. The number of benzene rings is 1. The molecule has 3 heteroatoms. The maximum Gasteiger partial charge on any atom is 0.205 e. The number of aromatic nitrogens is 2. The minimum absolute atomic E-state index is 0.915. The van der Waals surface area contributed by atoms with Gasteiger partial charge in [-0.15, -0.1) is 0 Å². The summed E-state index contributed by atoms with van der Waals surface area (Å²) in [4.78, 5) is 6.98. The molecule has 0 bridgehead atoms. The summed E-state index contributed by atoms with van der Waals surface area (Å²) in [5, 5.41) is 0. The minimum Gasteiger partial charge on any atom is -0.342 e. The Balaban J connectivity index is 1.88. The highest BCUT2D eigenvalue weighted by Crippen LogP contribution is 2.21. The number of rotatable bonds is 3. The zero-order chi connectivity index (χ0) is 12.4. The van der Waals surface area contributed by atoms with Crippen LogP contribution in [0.15, 0.2) is 36.5 Å². The van der Waals surface area contributed by atoms with Gasteiger partial charge in [0.2, 0.25) is 5.95 Å². The second kappa shape index (κ2) is 4.84. The smallest absolute Gasteiger partial charge is 0.205 e. The number of hydrogen-bond acceptors (Lipinski definition) is 2. The molecule has 0 unspecified atom stereocenters. The van der Waals surface area contributed by atoms with Gasteiger partial charge in [0.05, 0.1) is 12.7 Å². The van der Waals surface area contributed by atoms with Crippen molar-refractivity contribution in [1.82, 2.24) is 9.55 Å². The lowest BCUT2D eigenvalue weighted by Crippen LogP contribution is -2.22. The third kappa shape index (κ3) is 2.13. The van der Waals surface area contributed by atoms with E-state index in [4.69, 9.17) is 0 Å². The molecule has 18 heavy (non-hydrogen) atoms. The molecule has 0 amide bonds. The molecule has 94 valence electrons. The molecule has 3 rings (SSSR count). The minimum atomic E-state index is 0.915. The molecule has 1 aromatic carbocycles. The fourth-order valence-electron chi connectivity index (χ4n) is 2.58. The van der Waals surface area contributed by atoms with Gasteiger partial charge in [0.25, 0.3) is 0 Å². The third-order valence-corrected chi connectivity index (χ3v) is 3.61. The van der Waals surface area contributed by atoms with Crippen LogP contribution in [0, 0.1) is 6.92 Å². The van der Waals surface area contributed by atoms with Crippen LogP contribution in [-0.2, 0) is 6.54 Å². The maximum atomic E-state index is 4.58. The van der Waals surface area contributed by atoms with Crippen molar-refractivity contribution in [3.8, 4) is 0 Å². The molecule has 0 atom stereocenters. The Morgan fingerprint density at radius 3 is 2.56 bits per heavy atom. The van der Waals surface area contributed by atoms with E-state index in [1.165, 1.54) is 24.1 Å². The number of anilines is 1. The third-order valence-electron chi connectivity index (χ3n) is 3.61. The second-order valence-corrected chi connectivity index (χ2v) is 4.97. The molecule has 2 heterocycles. The quantitative estimate of drug-likeness (QED) is 0.824. The van der Waals surface area contributed by atoms with Crippen molar-refractivity contribution in [3.63, 3.8) is 0 Å². The Morgan fingerprint density at radius 2 is 1.83 bits per heavy atom. The molecule has 1 saturated heterocycles. The van der Waals surface area contributed by atoms with E-state index in [1.807, 2.05) is 6.20 Å². The monoisotopic (exact) mass is 241 g/mol. The molecule has 0 saturated carbocycles. The van der Waals surface area contributed by atoms with Crippen LogP contribution >= 0.6 is 0 Å². The van der Waals surface area contributed by atoms with E-state index < -0.39 is 0 Å². The van der Waals surface area contributed by atoms with E-state index in [9.17, 15) is 0 Å². The topological polar surface area (TPSA) is 21.1 Å². The summed E-state index contributed by atoms with van der Waals surface area (Å²) in [6.45, 7) is 5.34. The van der Waals surface area contributed by atoms with Crippen LogP contribution in [-0.4, -0.2) is 22.6 Å². The van der Waals surface area contributed by atoms with Crippen LogP contribution in [0.1, 0.15) is 24.1 Å².